The maximum atomic E-state index is 12.2. The van der Waals surface area contributed by atoms with Crippen LogP contribution < -0.4 is 15.4 Å². The molecule has 0 bridgehead atoms. The van der Waals surface area contributed by atoms with E-state index in [2.05, 4.69) is 10.6 Å². The Kier molecular flexibility index (Phi) is 4.70. The SMILES string of the molecule is COc1ccc(C(=O)NC2CCS(=O)(=O)C2)cc1NC(C)=O. The standard InChI is InChI=1S/C14H18N2O5S/c1-9(17)15-12-7-10(3-4-13(12)21-2)14(18)16-11-5-6-22(19,20)8-11/h3-4,7,11H,5-6,8H2,1-2H3,(H,15,17)(H,16,18). The lowest BCUT2D eigenvalue weighted by molar-refractivity contribution is -0.114. The van der Waals surface area contributed by atoms with Crippen LogP contribution in [0.25, 0.3) is 0 Å². The van der Waals surface area contributed by atoms with Gasteiger partial charge in [-0.1, -0.05) is 0 Å². The number of anilines is 1. The minimum Gasteiger partial charge on any atom is -0.495 e. The van der Waals surface area contributed by atoms with Crippen LogP contribution in [0.4, 0.5) is 5.69 Å². The van der Waals surface area contributed by atoms with Gasteiger partial charge in [-0.15, -0.1) is 0 Å². The molecule has 1 aliphatic heterocycles. The molecule has 0 radical (unpaired) electrons. The van der Waals surface area contributed by atoms with Crippen molar-refractivity contribution < 1.29 is 22.7 Å². The number of amides is 2. The molecule has 7 nitrogen and oxygen atoms in total. The summed E-state index contributed by atoms with van der Waals surface area (Å²) in [4.78, 5) is 23.4. The third-order valence-electron chi connectivity index (χ3n) is 3.34. The molecule has 1 fully saturated rings. The van der Waals surface area contributed by atoms with E-state index >= 15 is 0 Å². The highest BCUT2D eigenvalue weighted by Gasteiger charge is 2.29. The van der Waals surface area contributed by atoms with Crippen molar-refractivity contribution in [1.29, 1.82) is 0 Å². The van der Waals surface area contributed by atoms with Crippen LogP contribution in [0.5, 0.6) is 5.75 Å². The van der Waals surface area contributed by atoms with Gasteiger partial charge in [0.1, 0.15) is 5.75 Å². The van der Waals surface area contributed by atoms with E-state index in [1.54, 1.807) is 12.1 Å². The predicted octanol–water partition coefficient (Wildman–Crippen LogP) is 0.571. The minimum atomic E-state index is -3.05. The Morgan fingerprint density at radius 1 is 1.32 bits per heavy atom. The highest BCUT2D eigenvalue weighted by Crippen LogP contribution is 2.25. The largest absolute Gasteiger partial charge is 0.495 e. The summed E-state index contributed by atoms with van der Waals surface area (Å²) in [5, 5.41) is 5.28. The zero-order valence-electron chi connectivity index (χ0n) is 12.4. The molecule has 0 spiro atoms. The first kappa shape index (κ1) is 16.3. The van der Waals surface area contributed by atoms with Crippen molar-refractivity contribution in [3.63, 3.8) is 0 Å². The number of hydrogen-bond donors (Lipinski definition) is 2. The summed E-state index contributed by atoms with van der Waals surface area (Å²) in [7, 11) is -1.59. The fourth-order valence-corrected chi connectivity index (χ4v) is 3.99. The van der Waals surface area contributed by atoms with Crippen LogP contribution in [0.15, 0.2) is 18.2 Å². The summed E-state index contributed by atoms with van der Waals surface area (Å²) < 4.78 is 27.9. The van der Waals surface area contributed by atoms with Crippen molar-refractivity contribution in [3.8, 4) is 5.75 Å². The molecule has 22 heavy (non-hydrogen) atoms. The number of benzene rings is 1. The number of hydrogen-bond acceptors (Lipinski definition) is 5. The van der Waals surface area contributed by atoms with Crippen molar-refractivity contribution in [3.05, 3.63) is 23.8 Å². The molecule has 1 aromatic rings. The molecular formula is C14H18N2O5S. The van der Waals surface area contributed by atoms with Gasteiger partial charge in [-0.25, -0.2) is 8.42 Å². The zero-order chi connectivity index (χ0) is 16.3. The van der Waals surface area contributed by atoms with E-state index in [1.807, 2.05) is 0 Å². The average molecular weight is 326 g/mol. The van der Waals surface area contributed by atoms with Crippen molar-refractivity contribution in [2.75, 3.05) is 23.9 Å². The highest BCUT2D eigenvalue weighted by atomic mass is 32.2. The Bertz CT molecular complexity index is 699. The summed E-state index contributed by atoms with van der Waals surface area (Å²) in [6.45, 7) is 1.36. The van der Waals surface area contributed by atoms with E-state index in [-0.39, 0.29) is 29.4 Å². The van der Waals surface area contributed by atoms with E-state index in [0.717, 1.165) is 0 Å². The third-order valence-corrected chi connectivity index (χ3v) is 5.11. The summed E-state index contributed by atoms with van der Waals surface area (Å²) in [6, 6.07) is 4.26. The maximum Gasteiger partial charge on any atom is 0.251 e. The molecule has 1 atom stereocenters. The quantitative estimate of drug-likeness (QED) is 0.842. The molecule has 2 rings (SSSR count). The molecule has 0 aromatic heterocycles. The van der Waals surface area contributed by atoms with Crippen LogP contribution >= 0.6 is 0 Å². The van der Waals surface area contributed by atoms with Crippen LogP contribution in [0.2, 0.25) is 0 Å². The normalized spacial score (nSPS) is 19.5. The molecule has 1 aliphatic rings. The lowest BCUT2D eigenvalue weighted by Gasteiger charge is -2.13. The van der Waals surface area contributed by atoms with Gasteiger partial charge in [-0.05, 0) is 24.6 Å². The molecule has 8 heteroatoms. The zero-order valence-corrected chi connectivity index (χ0v) is 13.2. The molecular weight excluding hydrogens is 308 g/mol. The second-order valence-electron chi connectivity index (χ2n) is 5.17. The van der Waals surface area contributed by atoms with E-state index in [0.29, 0.717) is 23.4 Å². The van der Waals surface area contributed by atoms with Crippen molar-refractivity contribution >= 4 is 27.3 Å². The van der Waals surface area contributed by atoms with Crippen LogP contribution in [-0.4, -0.2) is 44.9 Å². The first-order valence-electron chi connectivity index (χ1n) is 6.77. The Hall–Kier alpha value is -2.09. The Balaban J connectivity index is 2.14. The van der Waals surface area contributed by atoms with Crippen LogP contribution in [0, 0.1) is 0 Å². The smallest absolute Gasteiger partial charge is 0.251 e. The third kappa shape index (κ3) is 3.97. The lowest BCUT2D eigenvalue weighted by Crippen LogP contribution is -2.35. The number of carbonyl (C=O) groups is 2. The molecule has 0 saturated carbocycles. The minimum absolute atomic E-state index is 0.0343. The number of methoxy groups -OCH3 is 1. The van der Waals surface area contributed by atoms with Gasteiger partial charge < -0.3 is 15.4 Å². The molecule has 1 unspecified atom stereocenters. The molecule has 2 amide bonds. The molecule has 0 aliphatic carbocycles. The summed E-state index contributed by atoms with van der Waals surface area (Å²) >= 11 is 0. The second kappa shape index (κ2) is 6.35. The Morgan fingerprint density at radius 2 is 2.05 bits per heavy atom. The van der Waals surface area contributed by atoms with E-state index in [9.17, 15) is 18.0 Å². The highest BCUT2D eigenvalue weighted by molar-refractivity contribution is 7.91. The van der Waals surface area contributed by atoms with Gasteiger partial charge in [0.05, 0.1) is 24.3 Å². The first-order chi connectivity index (χ1) is 10.3. The Morgan fingerprint density at radius 3 is 2.59 bits per heavy atom. The van der Waals surface area contributed by atoms with Crippen molar-refractivity contribution in [2.24, 2.45) is 0 Å². The lowest BCUT2D eigenvalue weighted by atomic mass is 10.1. The monoisotopic (exact) mass is 326 g/mol. The number of nitrogens with one attached hydrogen (secondary N) is 2. The van der Waals surface area contributed by atoms with E-state index in [4.69, 9.17) is 4.74 Å². The van der Waals surface area contributed by atoms with Gasteiger partial charge in [-0.2, -0.15) is 0 Å². The molecule has 1 aromatic carbocycles. The summed E-state index contributed by atoms with van der Waals surface area (Å²) in [5.74, 6) is -0.158. The van der Waals surface area contributed by atoms with Crippen molar-refractivity contribution in [2.45, 2.75) is 19.4 Å². The average Bonchev–Trinajstić information content (AvgIpc) is 2.77. The number of sulfone groups is 1. The van der Waals surface area contributed by atoms with Gasteiger partial charge in [0.15, 0.2) is 9.84 Å². The van der Waals surface area contributed by atoms with Gasteiger partial charge in [0, 0.05) is 18.5 Å². The number of carbonyl (C=O) groups excluding carboxylic acids is 2. The second-order valence-corrected chi connectivity index (χ2v) is 7.40. The number of ether oxygens (including phenoxy) is 1. The maximum absolute atomic E-state index is 12.2. The molecule has 120 valence electrons. The van der Waals surface area contributed by atoms with E-state index < -0.39 is 9.84 Å². The Labute approximate surface area is 129 Å². The van der Waals surface area contributed by atoms with E-state index in [1.165, 1.54) is 20.1 Å². The number of rotatable bonds is 4. The van der Waals surface area contributed by atoms with Gasteiger partial charge in [0.25, 0.3) is 5.91 Å². The molecule has 1 heterocycles. The van der Waals surface area contributed by atoms with Crippen molar-refractivity contribution in [1.82, 2.24) is 5.32 Å². The van der Waals surface area contributed by atoms with Crippen LogP contribution in [0.1, 0.15) is 23.7 Å². The summed E-state index contributed by atoms with van der Waals surface area (Å²) in [6.07, 6.45) is 0.419. The topological polar surface area (TPSA) is 102 Å². The molecule has 1 saturated heterocycles. The van der Waals surface area contributed by atoms with Gasteiger partial charge in [0.2, 0.25) is 5.91 Å². The first-order valence-corrected chi connectivity index (χ1v) is 8.60. The fourth-order valence-electron chi connectivity index (χ4n) is 2.31. The predicted molar refractivity (Wildman–Crippen MR) is 81.8 cm³/mol. The fraction of sp³-hybridized carbons (Fsp3) is 0.429. The summed E-state index contributed by atoms with van der Waals surface area (Å²) in [5.41, 5.74) is 0.718. The van der Waals surface area contributed by atoms with Crippen LogP contribution in [-0.2, 0) is 14.6 Å². The van der Waals surface area contributed by atoms with Gasteiger partial charge >= 0.3 is 0 Å². The van der Waals surface area contributed by atoms with Gasteiger partial charge in [-0.3, -0.25) is 9.59 Å². The van der Waals surface area contributed by atoms with Crippen LogP contribution in [0.3, 0.4) is 0 Å². The molecule has 2 N–H and O–H groups in total.